The molecule has 4 heteroatoms. The van der Waals surface area contributed by atoms with E-state index in [0.717, 1.165) is 12.8 Å². The van der Waals surface area contributed by atoms with Crippen LogP contribution in [-0.2, 0) is 0 Å². The Morgan fingerprint density at radius 3 is 2.16 bits per heavy atom. The monoisotopic (exact) mass is 265 g/mol. The van der Waals surface area contributed by atoms with Crippen molar-refractivity contribution in [2.45, 2.75) is 26.7 Å². The van der Waals surface area contributed by atoms with Gasteiger partial charge in [0, 0.05) is 17.5 Å². The van der Waals surface area contributed by atoms with Crippen LogP contribution in [0, 0.1) is 5.41 Å². The van der Waals surface area contributed by atoms with Crippen molar-refractivity contribution in [3.05, 3.63) is 23.8 Å². The Bertz CT molecular complexity index is 431. The van der Waals surface area contributed by atoms with Crippen molar-refractivity contribution in [1.29, 1.82) is 0 Å². The highest BCUT2D eigenvalue weighted by Crippen LogP contribution is 2.33. The van der Waals surface area contributed by atoms with Crippen LogP contribution in [0.5, 0.6) is 11.5 Å². The zero-order valence-electron chi connectivity index (χ0n) is 12.2. The molecule has 19 heavy (non-hydrogen) atoms. The van der Waals surface area contributed by atoms with Gasteiger partial charge >= 0.3 is 0 Å². The third-order valence-electron chi connectivity index (χ3n) is 3.87. The molecular formula is C15H23NO3. The zero-order chi connectivity index (χ0) is 14.5. The lowest BCUT2D eigenvalue weighted by Crippen LogP contribution is -2.37. The van der Waals surface area contributed by atoms with Gasteiger partial charge in [0.05, 0.1) is 14.2 Å². The molecule has 0 unspecified atom stereocenters. The molecule has 1 rings (SSSR count). The lowest BCUT2D eigenvalue weighted by Gasteiger charge is -2.28. The number of rotatable bonds is 7. The SMILES string of the molecule is CCC(CC)(CN)C(=O)c1ccc(OC)c(OC)c1. The highest BCUT2D eigenvalue weighted by atomic mass is 16.5. The lowest BCUT2D eigenvalue weighted by molar-refractivity contribution is 0.0787. The number of nitrogens with two attached hydrogens (primary N) is 1. The normalized spacial score (nSPS) is 11.2. The number of carbonyl (C=O) groups is 1. The minimum atomic E-state index is -0.487. The van der Waals surface area contributed by atoms with Crippen LogP contribution in [0.2, 0.25) is 0 Å². The summed E-state index contributed by atoms with van der Waals surface area (Å²) < 4.78 is 10.4. The highest BCUT2D eigenvalue weighted by Gasteiger charge is 2.34. The third-order valence-corrected chi connectivity index (χ3v) is 3.87. The second kappa shape index (κ2) is 6.57. The number of ketones is 1. The van der Waals surface area contributed by atoms with Gasteiger partial charge in [-0.1, -0.05) is 13.8 Å². The second-order valence-electron chi connectivity index (χ2n) is 4.59. The van der Waals surface area contributed by atoms with E-state index in [9.17, 15) is 4.79 Å². The zero-order valence-corrected chi connectivity index (χ0v) is 12.2. The number of hydrogen-bond donors (Lipinski definition) is 1. The molecule has 0 aromatic heterocycles. The van der Waals surface area contributed by atoms with Crippen molar-refractivity contribution in [3.63, 3.8) is 0 Å². The Kier molecular flexibility index (Phi) is 5.36. The predicted octanol–water partition coefficient (Wildman–Crippen LogP) is 2.65. The van der Waals surface area contributed by atoms with E-state index in [1.165, 1.54) is 0 Å². The van der Waals surface area contributed by atoms with Gasteiger partial charge in [0.25, 0.3) is 0 Å². The smallest absolute Gasteiger partial charge is 0.170 e. The van der Waals surface area contributed by atoms with Gasteiger partial charge in [-0.2, -0.15) is 0 Å². The van der Waals surface area contributed by atoms with Gasteiger partial charge in [0.15, 0.2) is 17.3 Å². The van der Waals surface area contributed by atoms with E-state index < -0.39 is 5.41 Å². The molecule has 4 nitrogen and oxygen atoms in total. The van der Waals surface area contributed by atoms with E-state index in [-0.39, 0.29) is 5.78 Å². The average molecular weight is 265 g/mol. The van der Waals surface area contributed by atoms with Crippen molar-refractivity contribution < 1.29 is 14.3 Å². The van der Waals surface area contributed by atoms with Gasteiger partial charge in [-0.3, -0.25) is 4.79 Å². The molecule has 0 aliphatic heterocycles. The van der Waals surface area contributed by atoms with Crippen molar-refractivity contribution in [3.8, 4) is 11.5 Å². The summed E-state index contributed by atoms with van der Waals surface area (Å²) in [6, 6.07) is 5.23. The molecule has 0 aliphatic rings. The molecular weight excluding hydrogens is 242 g/mol. The van der Waals surface area contributed by atoms with Crippen LogP contribution in [-0.4, -0.2) is 26.5 Å². The first-order valence-corrected chi connectivity index (χ1v) is 6.55. The number of hydrogen-bond acceptors (Lipinski definition) is 4. The summed E-state index contributed by atoms with van der Waals surface area (Å²) in [5, 5.41) is 0. The standard InChI is InChI=1S/C15H23NO3/c1-5-15(6-2,10-16)14(17)11-7-8-12(18-3)13(9-11)19-4/h7-9H,5-6,10,16H2,1-4H3. The second-order valence-corrected chi connectivity index (χ2v) is 4.59. The number of Topliss-reactive ketones (excluding diaryl/α,β-unsaturated/α-hetero) is 1. The molecule has 2 N–H and O–H groups in total. The first kappa shape index (κ1) is 15.5. The van der Waals surface area contributed by atoms with Gasteiger partial charge in [-0.15, -0.1) is 0 Å². The van der Waals surface area contributed by atoms with E-state index in [2.05, 4.69) is 0 Å². The van der Waals surface area contributed by atoms with Crippen LogP contribution < -0.4 is 15.2 Å². The summed E-state index contributed by atoms with van der Waals surface area (Å²) in [7, 11) is 3.13. The maximum atomic E-state index is 12.7. The number of ether oxygens (including phenoxy) is 2. The third kappa shape index (κ3) is 2.89. The van der Waals surface area contributed by atoms with E-state index in [1.54, 1.807) is 32.4 Å². The summed E-state index contributed by atoms with van der Waals surface area (Å²) in [6.45, 7) is 4.34. The van der Waals surface area contributed by atoms with Crippen LogP contribution in [0.1, 0.15) is 37.0 Å². The summed E-state index contributed by atoms with van der Waals surface area (Å²) >= 11 is 0. The van der Waals surface area contributed by atoms with Gasteiger partial charge in [0.2, 0.25) is 0 Å². The predicted molar refractivity (Wildman–Crippen MR) is 75.9 cm³/mol. The molecule has 0 radical (unpaired) electrons. The van der Waals surface area contributed by atoms with Crippen LogP contribution in [0.4, 0.5) is 0 Å². The molecule has 0 spiro atoms. The molecule has 0 atom stereocenters. The molecule has 0 fully saturated rings. The maximum Gasteiger partial charge on any atom is 0.170 e. The van der Waals surface area contributed by atoms with Crippen molar-refractivity contribution in [2.75, 3.05) is 20.8 Å². The van der Waals surface area contributed by atoms with Crippen molar-refractivity contribution in [1.82, 2.24) is 0 Å². The average Bonchev–Trinajstić information content (AvgIpc) is 2.48. The molecule has 1 aromatic rings. The summed E-state index contributed by atoms with van der Waals surface area (Å²) in [4.78, 5) is 12.7. The minimum Gasteiger partial charge on any atom is -0.493 e. The highest BCUT2D eigenvalue weighted by molar-refractivity contribution is 6.01. The van der Waals surface area contributed by atoms with Crippen LogP contribution in [0.15, 0.2) is 18.2 Å². The minimum absolute atomic E-state index is 0.0703. The molecule has 0 saturated carbocycles. The summed E-state index contributed by atoms with van der Waals surface area (Å²) in [5.74, 6) is 1.25. The Morgan fingerprint density at radius 2 is 1.74 bits per heavy atom. The Balaban J connectivity index is 3.19. The molecule has 0 amide bonds. The Labute approximate surface area is 114 Å². The Hall–Kier alpha value is -1.55. The fourth-order valence-corrected chi connectivity index (χ4v) is 2.24. The first-order valence-electron chi connectivity index (χ1n) is 6.55. The topological polar surface area (TPSA) is 61.6 Å². The number of methoxy groups -OCH3 is 2. The molecule has 1 aromatic carbocycles. The maximum absolute atomic E-state index is 12.7. The number of benzene rings is 1. The van der Waals surface area contributed by atoms with Gasteiger partial charge in [0.1, 0.15) is 0 Å². The summed E-state index contributed by atoms with van der Waals surface area (Å²) in [6.07, 6.45) is 1.46. The van der Waals surface area contributed by atoms with E-state index >= 15 is 0 Å². The molecule has 106 valence electrons. The van der Waals surface area contributed by atoms with Crippen LogP contribution >= 0.6 is 0 Å². The van der Waals surface area contributed by atoms with Crippen molar-refractivity contribution >= 4 is 5.78 Å². The fourth-order valence-electron chi connectivity index (χ4n) is 2.24. The molecule has 0 saturated heterocycles. The molecule has 0 heterocycles. The van der Waals surface area contributed by atoms with Gasteiger partial charge in [-0.05, 0) is 31.0 Å². The molecule has 0 bridgehead atoms. The van der Waals surface area contributed by atoms with E-state index in [1.807, 2.05) is 13.8 Å². The van der Waals surface area contributed by atoms with E-state index in [0.29, 0.717) is 23.6 Å². The van der Waals surface area contributed by atoms with Crippen molar-refractivity contribution in [2.24, 2.45) is 11.1 Å². The summed E-state index contributed by atoms with van der Waals surface area (Å²) in [5.41, 5.74) is 5.95. The quantitative estimate of drug-likeness (QED) is 0.770. The van der Waals surface area contributed by atoms with Crippen LogP contribution in [0.25, 0.3) is 0 Å². The van der Waals surface area contributed by atoms with E-state index in [4.69, 9.17) is 15.2 Å². The van der Waals surface area contributed by atoms with Crippen LogP contribution in [0.3, 0.4) is 0 Å². The lowest BCUT2D eigenvalue weighted by atomic mass is 9.76. The van der Waals surface area contributed by atoms with Gasteiger partial charge in [-0.25, -0.2) is 0 Å². The largest absolute Gasteiger partial charge is 0.493 e. The Morgan fingerprint density at radius 1 is 1.16 bits per heavy atom. The fraction of sp³-hybridized carbons (Fsp3) is 0.533. The van der Waals surface area contributed by atoms with Gasteiger partial charge < -0.3 is 15.2 Å². The number of carbonyl (C=O) groups excluding carboxylic acids is 1. The first-order chi connectivity index (χ1) is 9.08. The molecule has 0 aliphatic carbocycles.